The van der Waals surface area contributed by atoms with E-state index in [4.69, 9.17) is 11.6 Å². The van der Waals surface area contributed by atoms with Crippen LogP contribution in [0.3, 0.4) is 0 Å². The van der Waals surface area contributed by atoms with E-state index in [1.807, 2.05) is 18.2 Å². The fourth-order valence-electron chi connectivity index (χ4n) is 4.18. The Hall–Kier alpha value is -3.85. The van der Waals surface area contributed by atoms with Gasteiger partial charge >= 0.3 is 6.18 Å². The van der Waals surface area contributed by atoms with Crippen molar-refractivity contribution < 1.29 is 18.0 Å². The van der Waals surface area contributed by atoms with Gasteiger partial charge in [-0.25, -0.2) is 4.98 Å². The second kappa shape index (κ2) is 9.66. The van der Waals surface area contributed by atoms with Crippen molar-refractivity contribution in [3.63, 3.8) is 0 Å². The molecule has 6 nitrogen and oxygen atoms in total. The zero-order valence-corrected chi connectivity index (χ0v) is 19.6. The van der Waals surface area contributed by atoms with E-state index >= 15 is 0 Å². The highest BCUT2D eigenvalue weighted by atomic mass is 35.5. The van der Waals surface area contributed by atoms with E-state index in [1.54, 1.807) is 12.1 Å². The lowest BCUT2D eigenvalue weighted by Crippen LogP contribution is -2.15. The summed E-state index contributed by atoms with van der Waals surface area (Å²) in [6.07, 6.45) is 5.44. The minimum absolute atomic E-state index is 0.137. The summed E-state index contributed by atoms with van der Waals surface area (Å²) in [6.45, 7) is 0. The Morgan fingerprint density at radius 1 is 1.11 bits per heavy atom. The van der Waals surface area contributed by atoms with Gasteiger partial charge in [-0.05, 0) is 79.3 Å². The molecule has 1 atom stereocenters. The van der Waals surface area contributed by atoms with Crippen molar-refractivity contribution in [2.45, 2.75) is 25.4 Å². The van der Waals surface area contributed by atoms with E-state index in [-0.39, 0.29) is 11.5 Å². The number of hydrogen-bond donors (Lipinski definition) is 3. The monoisotopic (exact) mass is 511 g/mol. The number of hydrogen-bond acceptors (Lipinski definition) is 5. The minimum Gasteiger partial charge on any atom is -0.339 e. The average Bonchev–Trinajstić information content (AvgIpc) is 2.86. The topological polar surface area (TPSA) is 78.9 Å². The summed E-state index contributed by atoms with van der Waals surface area (Å²) in [5, 5.41) is 9.67. The zero-order valence-electron chi connectivity index (χ0n) is 18.9. The standard InChI is InChI=1S/C26H21ClF3N5O/c27-21-14-31-25-33-19-3-1-2-15(12-19)4-5-17-13-20(32-23(21)35-25)10-11-22(17)34-24(36)16-6-8-18(9-7-16)26(28,29)30/h1-3,6-11,13-15H,4-5,12H2,(H,34,36)(H2,31,32,33,35). The van der Waals surface area contributed by atoms with Gasteiger partial charge in [-0.3, -0.25) is 4.79 Å². The van der Waals surface area contributed by atoms with Gasteiger partial charge in [-0.2, -0.15) is 18.2 Å². The maximum atomic E-state index is 12.9. The summed E-state index contributed by atoms with van der Waals surface area (Å²) in [6, 6.07) is 9.59. The third kappa shape index (κ3) is 5.36. The largest absolute Gasteiger partial charge is 0.416 e. The first kappa shape index (κ1) is 23.9. The Bertz CT molecular complexity index is 1370. The summed E-state index contributed by atoms with van der Waals surface area (Å²) in [5.74, 6) is 0.644. The molecule has 1 aromatic heterocycles. The zero-order chi connectivity index (χ0) is 25.3. The molecule has 0 fully saturated rings. The molecule has 1 aliphatic carbocycles. The van der Waals surface area contributed by atoms with Crippen LogP contribution in [-0.2, 0) is 12.6 Å². The van der Waals surface area contributed by atoms with Crippen LogP contribution in [0.1, 0.15) is 34.3 Å². The number of aryl methyl sites for hydroxylation is 1. The van der Waals surface area contributed by atoms with Gasteiger partial charge in [0.25, 0.3) is 5.91 Å². The third-order valence-corrected chi connectivity index (χ3v) is 6.33. The molecule has 5 rings (SSSR count). The summed E-state index contributed by atoms with van der Waals surface area (Å²) in [5.41, 5.74) is 2.50. The first-order valence-corrected chi connectivity index (χ1v) is 11.7. The van der Waals surface area contributed by atoms with E-state index < -0.39 is 17.6 Å². The predicted octanol–water partition coefficient (Wildman–Crippen LogP) is 6.96. The van der Waals surface area contributed by atoms with Crippen LogP contribution >= 0.6 is 11.6 Å². The number of allylic oxidation sites excluding steroid dienone is 4. The van der Waals surface area contributed by atoms with Crippen molar-refractivity contribution in [2.24, 2.45) is 5.92 Å². The van der Waals surface area contributed by atoms with Gasteiger partial charge < -0.3 is 16.0 Å². The molecule has 0 spiro atoms. The molecule has 3 N–H and O–H groups in total. The van der Waals surface area contributed by atoms with Crippen LogP contribution in [0, 0.1) is 5.92 Å². The number of anilines is 4. The first-order valence-electron chi connectivity index (χ1n) is 11.3. The average molecular weight is 512 g/mol. The number of halogens is 4. The molecule has 0 radical (unpaired) electrons. The molecule has 1 aliphatic heterocycles. The SMILES string of the molecule is O=C(Nc1ccc2cc1CCC1C=CC=C(C1)Nc1ncc(Cl)c(n1)N2)c1ccc(C(F)(F)F)cc1. The highest BCUT2D eigenvalue weighted by Gasteiger charge is 2.30. The summed E-state index contributed by atoms with van der Waals surface area (Å²) in [4.78, 5) is 21.6. The van der Waals surface area contributed by atoms with Gasteiger partial charge in [-0.1, -0.05) is 23.8 Å². The normalized spacial score (nSPS) is 16.9. The minimum atomic E-state index is -4.46. The number of nitrogens with zero attached hydrogens (tertiary/aromatic N) is 2. The molecule has 0 saturated carbocycles. The molecule has 1 amide bonds. The molecular formula is C26H21ClF3N5O. The second-order valence-electron chi connectivity index (χ2n) is 8.62. The van der Waals surface area contributed by atoms with Crippen molar-refractivity contribution in [3.05, 3.63) is 94.3 Å². The highest BCUT2D eigenvalue weighted by Crippen LogP contribution is 2.32. The van der Waals surface area contributed by atoms with Gasteiger partial charge in [0.05, 0.1) is 11.8 Å². The van der Waals surface area contributed by atoms with Gasteiger partial charge in [0, 0.05) is 22.6 Å². The Labute approximate surface area is 210 Å². The molecule has 0 saturated heterocycles. The van der Waals surface area contributed by atoms with Crippen LogP contribution in [0.25, 0.3) is 0 Å². The number of amides is 1. The van der Waals surface area contributed by atoms with Crippen LogP contribution < -0.4 is 16.0 Å². The quantitative estimate of drug-likeness (QED) is 0.346. The number of alkyl halides is 3. The van der Waals surface area contributed by atoms with Crippen molar-refractivity contribution >= 4 is 40.6 Å². The molecule has 3 aromatic rings. The Morgan fingerprint density at radius 3 is 2.69 bits per heavy atom. The molecule has 2 aliphatic rings. The molecular weight excluding hydrogens is 491 g/mol. The second-order valence-corrected chi connectivity index (χ2v) is 9.03. The van der Waals surface area contributed by atoms with E-state index in [9.17, 15) is 18.0 Å². The molecule has 36 heavy (non-hydrogen) atoms. The first-order chi connectivity index (χ1) is 17.2. The Balaban J connectivity index is 1.44. The Kier molecular flexibility index (Phi) is 6.40. The fraction of sp³-hybridized carbons (Fsp3) is 0.192. The number of fused-ring (bicyclic) bond motifs is 6. The van der Waals surface area contributed by atoms with E-state index in [2.05, 4.69) is 32.0 Å². The number of rotatable bonds is 2. The lowest BCUT2D eigenvalue weighted by molar-refractivity contribution is -0.137. The maximum absolute atomic E-state index is 12.9. The van der Waals surface area contributed by atoms with Crippen LogP contribution in [0.4, 0.5) is 36.3 Å². The number of aromatic nitrogens is 2. The smallest absolute Gasteiger partial charge is 0.339 e. The lowest BCUT2D eigenvalue weighted by Gasteiger charge is -2.20. The van der Waals surface area contributed by atoms with Crippen molar-refractivity contribution in [3.8, 4) is 0 Å². The maximum Gasteiger partial charge on any atom is 0.416 e. The predicted molar refractivity (Wildman–Crippen MR) is 133 cm³/mol. The Morgan fingerprint density at radius 2 is 1.92 bits per heavy atom. The summed E-state index contributed by atoms with van der Waals surface area (Å²) >= 11 is 6.31. The molecule has 1 unspecified atom stereocenters. The molecule has 2 aromatic carbocycles. The van der Waals surface area contributed by atoms with Crippen LogP contribution in [0.15, 0.2) is 72.6 Å². The van der Waals surface area contributed by atoms with Crippen molar-refractivity contribution in [1.82, 2.24) is 9.97 Å². The van der Waals surface area contributed by atoms with Crippen molar-refractivity contribution in [2.75, 3.05) is 16.0 Å². The van der Waals surface area contributed by atoms with Gasteiger partial charge in [-0.15, -0.1) is 0 Å². The van der Waals surface area contributed by atoms with Gasteiger partial charge in [0.15, 0.2) is 5.82 Å². The van der Waals surface area contributed by atoms with Crippen LogP contribution in [-0.4, -0.2) is 15.9 Å². The van der Waals surface area contributed by atoms with Crippen LogP contribution in [0.5, 0.6) is 0 Å². The molecule has 10 heteroatoms. The number of benzene rings is 2. The highest BCUT2D eigenvalue weighted by molar-refractivity contribution is 6.32. The van der Waals surface area contributed by atoms with Crippen molar-refractivity contribution in [1.29, 1.82) is 0 Å². The lowest BCUT2D eigenvalue weighted by atomic mass is 9.91. The number of carbonyl (C=O) groups is 1. The fourth-order valence-corrected chi connectivity index (χ4v) is 4.32. The number of carbonyl (C=O) groups excluding carboxylic acids is 1. The van der Waals surface area contributed by atoms with E-state index in [0.717, 1.165) is 41.9 Å². The summed E-state index contributed by atoms with van der Waals surface area (Å²) < 4.78 is 38.6. The van der Waals surface area contributed by atoms with Crippen LogP contribution in [0.2, 0.25) is 5.02 Å². The summed E-state index contributed by atoms with van der Waals surface area (Å²) in [7, 11) is 0. The van der Waals surface area contributed by atoms with Gasteiger partial charge in [0.1, 0.15) is 5.02 Å². The van der Waals surface area contributed by atoms with E-state index in [1.165, 1.54) is 18.3 Å². The molecule has 6 bridgehead atoms. The van der Waals surface area contributed by atoms with E-state index in [0.29, 0.717) is 28.9 Å². The number of nitrogens with one attached hydrogen (secondary N) is 3. The third-order valence-electron chi connectivity index (χ3n) is 6.05. The molecule has 2 heterocycles. The van der Waals surface area contributed by atoms with Gasteiger partial charge in [0.2, 0.25) is 5.95 Å². The molecule has 184 valence electrons.